The Morgan fingerprint density at radius 1 is 1.20 bits per heavy atom. The van der Waals surface area contributed by atoms with Crippen molar-refractivity contribution < 1.29 is 0 Å². The van der Waals surface area contributed by atoms with Crippen molar-refractivity contribution in [3.8, 4) is 0 Å². The van der Waals surface area contributed by atoms with E-state index >= 15 is 0 Å². The topological polar surface area (TPSA) is 28.2 Å². The normalized spacial score (nSPS) is 11.2. The Morgan fingerprint density at radius 3 is 2.45 bits per heavy atom. The van der Waals surface area contributed by atoms with E-state index in [0.717, 1.165) is 25.3 Å². The molecule has 3 nitrogen and oxygen atoms in total. The average Bonchev–Trinajstić information content (AvgIpc) is 2.45. The van der Waals surface area contributed by atoms with Gasteiger partial charge in [0.1, 0.15) is 5.82 Å². The number of anilines is 2. The van der Waals surface area contributed by atoms with E-state index in [0.29, 0.717) is 12.0 Å². The van der Waals surface area contributed by atoms with E-state index in [4.69, 9.17) is 0 Å². The second-order valence-corrected chi connectivity index (χ2v) is 5.84. The maximum Gasteiger partial charge on any atom is 0.127 e. The van der Waals surface area contributed by atoms with E-state index in [1.165, 1.54) is 18.5 Å². The Bertz CT molecular complexity index is 372. The molecule has 0 unspecified atom stereocenters. The molecule has 0 aliphatic carbocycles. The first-order chi connectivity index (χ1) is 9.62. The van der Waals surface area contributed by atoms with Crippen molar-refractivity contribution in [1.29, 1.82) is 0 Å². The molecule has 0 atom stereocenters. The van der Waals surface area contributed by atoms with Crippen LogP contribution >= 0.6 is 0 Å². The lowest BCUT2D eigenvalue weighted by Gasteiger charge is -2.34. The fourth-order valence-electron chi connectivity index (χ4n) is 2.54. The van der Waals surface area contributed by atoms with Gasteiger partial charge in [-0.25, -0.2) is 4.98 Å². The first kappa shape index (κ1) is 16.8. The summed E-state index contributed by atoms with van der Waals surface area (Å²) in [6.45, 7) is 13.4. The molecule has 1 aromatic rings. The molecule has 0 aliphatic rings. The van der Waals surface area contributed by atoms with Crippen molar-refractivity contribution in [3.05, 3.63) is 18.3 Å². The largest absolute Gasteiger partial charge is 0.370 e. The van der Waals surface area contributed by atoms with Crippen molar-refractivity contribution in [2.24, 2.45) is 5.92 Å². The smallest absolute Gasteiger partial charge is 0.127 e. The maximum atomic E-state index is 4.41. The third-order valence-electron chi connectivity index (χ3n) is 3.58. The average molecular weight is 277 g/mol. The summed E-state index contributed by atoms with van der Waals surface area (Å²) in [5.41, 5.74) is 1.29. The van der Waals surface area contributed by atoms with E-state index < -0.39 is 0 Å². The molecule has 0 aliphatic heterocycles. The zero-order valence-electron chi connectivity index (χ0n) is 13.8. The van der Waals surface area contributed by atoms with E-state index in [-0.39, 0.29) is 0 Å². The zero-order valence-corrected chi connectivity index (χ0v) is 13.8. The van der Waals surface area contributed by atoms with Gasteiger partial charge in [-0.1, -0.05) is 34.6 Å². The lowest BCUT2D eigenvalue weighted by Crippen LogP contribution is -2.37. The van der Waals surface area contributed by atoms with Crippen LogP contribution in [0.1, 0.15) is 53.9 Å². The summed E-state index contributed by atoms with van der Waals surface area (Å²) in [5.74, 6) is 1.65. The van der Waals surface area contributed by atoms with Gasteiger partial charge >= 0.3 is 0 Å². The van der Waals surface area contributed by atoms with Gasteiger partial charge < -0.3 is 10.2 Å². The minimum Gasteiger partial charge on any atom is -0.370 e. The van der Waals surface area contributed by atoms with Gasteiger partial charge in [-0.3, -0.25) is 0 Å². The molecule has 1 N–H and O–H groups in total. The Labute approximate surface area is 124 Å². The van der Waals surface area contributed by atoms with Gasteiger partial charge in [0.15, 0.2) is 0 Å². The molecular weight excluding hydrogens is 246 g/mol. The van der Waals surface area contributed by atoms with Crippen LogP contribution in [0, 0.1) is 5.92 Å². The van der Waals surface area contributed by atoms with Crippen molar-refractivity contribution in [2.45, 2.75) is 59.9 Å². The van der Waals surface area contributed by atoms with Crippen molar-refractivity contribution >= 4 is 11.5 Å². The third-order valence-corrected chi connectivity index (χ3v) is 3.58. The van der Waals surface area contributed by atoms with E-state index in [9.17, 15) is 0 Å². The number of hydrogen-bond acceptors (Lipinski definition) is 3. The zero-order chi connectivity index (χ0) is 15.0. The van der Waals surface area contributed by atoms with Gasteiger partial charge in [0.05, 0.1) is 0 Å². The van der Waals surface area contributed by atoms with Crippen LogP contribution in [-0.2, 0) is 0 Å². The molecule has 0 saturated carbocycles. The van der Waals surface area contributed by atoms with Crippen LogP contribution in [-0.4, -0.2) is 24.1 Å². The Hall–Kier alpha value is -1.25. The molecular formula is C17H31N3. The summed E-state index contributed by atoms with van der Waals surface area (Å²) < 4.78 is 0. The monoisotopic (exact) mass is 277 g/mol. The van der Waals surface area contributed by atoms with Crippen molar-refractivity contribution in [2.75, 3.05) is 23.3 Å². The summed E-state index contributed by atoms with van der Waals surface area (Å²) in [5, 5.41) is 3.38. The minimum atomic E-state index is 0.610. The molecule has 0 saturated heterocycles. The predicted octanol–water partition coefficient (Wildman–Crippen LogP) is 4.55. The lowest BCUT2D eigenvalue weighted by molar-refractivity contribution is 0.507. The molecule has 0 aromatic carbocycles. The fourth-order valence-corrected chi connectivity index (χ4v) is 2.54. The second kappa shape index (κ2) is 8.83. The van der Waals surface area contributed by atoms with Gasteiger partial charge in [0.2, 0.25) is 0 Å². The second-order valence-electron chi connectivity index (χ2n) is 5.84. The Balaban J connectivity index is 2.94. The maximum absolute atomic E-state index is 4.41. The molecule has 1 aromatic heterocycles. The molecule has 0 fully saturated rings. The number of hydrogen-bond donors (Lipinski definition) is 1. The first-order valence-electron chi connectivity index (χ1n) is 8.08. The highest BCUT2D eigenvalue weighted by Crippen LogP contribution is 2.23. The van der Waals surface area contributed by atoms with Crippen LogP contribution in [0.5, 0.6) is 0 Å². The summed E-state index contributed by atoms with van der Waals surface area (Å²) in [7, 11) is 0. The van der Waals surface area contributed by atoms with Crippen molar-refractivity contribution in [3.63, 3.8) is 0 Å². The molecule has 1 heterocycles. The van der Waals surface area contributed by atoms with Crippen LogP contribution in [0.15, 0.2) is 18.3 Å². The highest BCUT2D eigenvalue weighted by molar-refractivity contribution is 5.54. The highest BCUT2D eigenvalue weighted by atomic mass is 15.2. The third kappa shape index (κ3) is 5.03. The molecule has 0 radical (unpaired) electrons. The summed E-state index contributed by atoms with van der Waals surface area (Å²) >= 11 is 0. The minimum absolute atomic E-state index is 0.610. The SMILES string of the molecule is CCCNc1cc(N(CC(C)C)C(CC)CC)ccn1. The van der Waals surface area contributed by atoms with Gasteiger partial charge in [0.25, 0.3) is 0 Å². The molecule has 0 bridgehead atoms. The van der Waals surface area contributed by atoms with E-state index in [1.807, 2.05) is 6.20 Å². The van der Waals surface area contributed by atoms with Crippen LogP contribution in [0.25, 0.3) is 0 Å². The summed E-state index contributed by atoms with van der Waals surface area (Å²) in [4.78, 5) is 6.96. The predicted molar refractivity (Wildman–Crippen MR) is 89.6 cm³/mol. The number of nitrogens with zero attached hydrogens (tertiary/aromatic N) is 2. The quantitative estimate of drug-likeness (QED) is 0.717. The lowest BCUT2D eigenvalue weighted by atomic mass is 10.1. The number of pyridine rings is 1. The van der Waals surface area contributed by atoms with Crippen LogP contribution in [0.4, 0.5) is 11.5 Å². The fraction of sp³-hybridized carbons (Fsp3) is 0.706. The van der Waals surface area contributed by atoms with Gasteiger partial charge in [-0.15, -0.1) is 0 Å². The van der Waals surface area contributed by atoms with E-state index in [2.05, 4.69) is 62.0 Å². The number of nitrogens with one attached hydrogen (secondary N) is 1. The molecule has 114 valence electrons. The Morgan fingerprint density at radius 2 is 1.90 bits per heavy atom. The molecule has 1 rings (SSSR count). The first-order valence-corrected chi connectivity index (χ1v) is 8.08. The van der Waals surface area contributed by atoms with Gasteiger partial charge in [0, 0.05) is 37.1 Å². The van der Waals surface area contributed by atoms with Crippen LogP contribution in [0.3, 0.4) is 0 Å². The van der Waals surface area contributed by atoms with Gasteiger partial charge in [-0.05, 0) is 31.2 Å². The molecule has 0 spiro atoms. The van der Waals surface area contributed by atoms with Crippen molar-refractivity contribution in [1.82, 2.24) is 4.98 Å². The standard InChI is InChI=1S/C17H31N3/c1-6-10-18-17-12-16(9-11-19-17)20(13-14(4)5)15(7-2)8-3/h9,11-12,14-15H,6-8,10,13H2,1-5H3,(H,18,19). The molecule has 20 heavy (non-hydrogen) atoms. The molecule has 0 amide bonds. The number of rotatable bonds is 9. The summed E-state index contributed by atoms with van der Waals surface area (Å²) in [6.07, 6.45) is 5.41. The van der Waals surface area contributed by atoms with E-state index in [1.54, 1.807) is 0 Å². The molecule has 3 heteroatoms. The highest BCUT2D eigenvalue weighted by Gasteiger charge is 2.17. The van der Waals surface area contributed by atoms with Gasteiger partial charge in [-0.2, -0.15) is 0 Å². The van der Waals surface area contributed by atoms with Crippen LogP contribution < -0.4 is 10.2 Å². The Kier molecular flexibility index (Phi) is 7.42. The summed E-state index contributed by atoms with van der Waals surface area (Å²) in [6, 6.07) is 4.94. The van der Waals surface area contributed by atoms with Crippen LogP contribution in [0.2, 0.25) is 0 Å². The number of aromatic nitrogens is 1.